The summed E-state index contributed by atoms with van der Waals surface area (Å²) in [6.45, 7) is 1.68. The first-order valence-electron chi connectivity index (χ1n) is 5.48. The number of aliphatic hydroxyl groups is 1. The van der Waals surface area contributed by atoms with E-state index in [-0.39, 0.29) is 19.7 Å². The number of hydrogen-bond acceptors (Lipinski definition) is 4. The monoisotopic (exact) mass is 266 g/mol. The van der Waals surface area contributed by atoms with Gasteiger partial charge >= 0.3 is 5.97 Å². The number of carbonyl (C=O) groups is 1. The van der Waals surface area contributed by atoms with Crippen molar-refractivity contribution in [3.8, 4) is 0 Å². The number of aliphatic carboxylic acids is 1. The van der Waals surface area contributed by atoms with E-state index in [1.807, 2.05) is 0 Å². The highest BCUT2D eigenvalue weighted by molar-refractivity contribution is 7.87. The third-order valence-corrected chi connectivity index (χ3v) is 4.51. The van der Waals surface area contributed by atoms with E-state index in [0.717, 1.165) is 0 Å². The molecular formula is C9H18N2O5S. The topological polar surface area (TPSA) is 107 Å². The molecule has 0 bridgehead atoms. The van der Waals surface area contributed by atoms with Crippen molar-refractivity contribution in [2.45, 2.75) is 25.8 Å². The summed E-state index contributed by atoms with van der Waals surface area (Å²) in [7, 11) is -3.61. The summed E-state index contributed by atoms with van der Waals surface area (Å²) in [5, 5.41) is 17.6. The average molecular weight is 266 g/mol. The maximum Gasteiger partial charge on any atom is 0.306 e. The number of carboxylic acids is 1. The Hall–Kier alpha value is -0.700. The summed E-state index contributed by atoms with van der Waals surface area (Å²) >= 11 is 0. The third-order valence-electron chi connectivity index (χ3n) is 2.77. The van der Waals surface area contributed by atoms with Crippen molar-refractivity contribution in [1.29, 1.82) is 0 Å². The number of aliphatic hydroxyl groups excluding tert-OH is 1. The molecule has 1 atom stereocenters. The van der Waals surface area contributed by atoms with E-state index in [1.165, 1.54) is 4.31 Å². The molecule has 1 heterocycles. The first-order chi connectivity index (χ1) is 7.86. The Morgan fingerprint density at radius 3 is 2.41 bits per heavy atom. The van der Waals surface area contributed by atoms with Crippen LogP contribution in [0, 0.1) is 5.92 Å². The largest absolute Gasteiger partial charge is 0.481 e. The molecule has 0 amide bonds. The van der Waals surface area contributed by atoms with E-state index in [4.69, 9.17) is 10.2 Å². The fraction of sp³-hybridized carbons (Fsp3) is 0.889. The Bertz CT molecular complexity index is 362. The third kappa shape index (κ3) is 3.91. The molecule has 1 fully saturated rings. The molecule has 0 aromatic carbocycles. The lowest BCUT2D eigenvalue weighted by molar-refractivity contribution is -0.142. The Morgan fingerprint density at radius 1 is 1.47 bits per heavy atom. The van der Waals surface area contributed by atoms with E-state index >= 15 is 0 Å². The number of nitrogens with one attached hydrogen (secondary N) is 1. The summed E-state index contributed by atoms with van der Waals surface area (Å²) in [4.78, 5) is 10.7. The van der Waals surface area contributed by atoms with Gasteiger partial charge < -0.3 is 10.2 Å². The summed E-state index contributed by atoms with van der Waals surface area (Å²) in [5.74, 6) is -1.34. The predicted octanol–water partition coefficient (Wildman–Crippen LogP) is -1.00. The molecule has 1 saturated heterocycles. The van der Waals surface area contributed by atoms with Gasteiger partial charge in [0.2, 0.25) is 0 Å². The summed E-state index contributed by atoms with van der Waals surface area (Å²) in [6.07, 6.45) is 0.646. The van der Waals surface area contributed by atoms with Crippen molar-refractivity contribution in [2.75, 3.05) is 19.7 Å². The molecular weight excluding hydrogens is 248 g/mol. The molecule has 0 saturated carbocycles. The molecule has 0 radical (unpaired) electrons. The molecule has 1 aliphatic rings. The Balaban J connectivity index is 2.56. The van der Waals surface area contributed by atoms with Crippen LogP contribution in [0.2, 0.25) is 0 Å². The number of hydrogen-bond donors (Lipinski definition) is 3. The van der Waals surface area contributed by atoms with Gasteiger partial charge in [0.1, 0.15) is 0 Å². The van der Waals surface area contributed by atoms with Crippen LogP contribution in [0.4, 0.5) is 0 Å². The minimum Gasteiger partial charge on any atom is -0.481 e. The quantitative estimate of drug-likeness (QED) is 0.591. The second kappa shape index (κ2) is 5.76. The smallest absolute Gasteiger partial charge is 0.306 e. The molecule has 0 aromatic heterocycles. The maximum absolute atomic E-state index is 11.8. The van der Waals surface area contributed by atoms with Gasteiger partial charge in [-0.1, -0.05) is 0 Å². The molecule has 3 N–H and O–H groups in total. The zero-order chi connectivity index (χ0) is 13.1. The van der Waals surface area contributed by atoms with Crippen molar-refractivity contribution in [1.82, 2.24) is 9.03 Å². The van der Waals surface area contributed by atoms with Crippen LogP contribution in [0.1, 0.15) is 19.8 Å². The van der Waals surface area contributed by atoms with Gasteiger partial charge in [-0.2, -0.15) is 17.4 Å². The van der Waals surface area contributed by atoms with Crippen LogP contribution < -0.4 is 4.72 Å². The van der Waals surface area contributed by atoms with Gasteiger partial charge in [0.25, 0.3) is 10.2 Å². The molecule has 1 unspecified atom stereocenters. The number of carboxylic acid groups (broad SMARTS) is 1. The summed E-state index contributed by atoms with van der Waals surface area (Å²) in [6, 6.07) is -0.544. The van der Waals surface area contributed by atoms with Crippen molar-refractivity contribution < 1.29 is 23.4 Å². The highest BCUT2D eigenvalue weighted by Gasteiger charge is 2.31. The van der Waals surface area contributed by atoms with Crippen LogP contribution in [0.25, 0.3) is 0 Å². The van der Waals surface area contributed by atoms with Crippen LogP contribution in [-0.4, -0.2) is 54.6 Å². The second-order valence-electron chi connectivity index (χ2n) is 4.22. The fourth-order valence-corrected chi connectivity index (χ4v) is 3.13. The van der Waals surface area contributed by atoms with E-state index in [2.05, 4.69) is 4.72 Å². The second-order valence-corrected chi connectivity index (χ2v) is 5.92. The molecule has 0 spiro atoms. The zero-order valence-corrected chi connectivity index (χ0v) is 10.5. The standard InChI is InChI=1S/C9H18N2O5S/c1-7(6-12)10-17(15,16)11-4-2-8(3-5-11)9(13)14/h7-8,10,12H,2-6H2,1H3,(H,13,14). The molecule has 0 aromatic rings. The van der Waals surface area contributed by atoms with Gasteiger partial charge in [-0.25, -0.2) is 0 Å². The minimum atomic E-state index is -3.61. The van der Waals surface area contributed by atoms with Crippen molar-refractivity contribution in [2.24, 2.45) is 5.92 Å². The first kappa shape index (κ1) is 14.4. The Morgan fingerprint density at radius 2 is 2.00 bits per heavy atom. The van der Waals surface area contributed by atoms with Crippen LogP contribution in [-0.2, 0) is 15.0 Å². The molecule has 17 heavy (non-hydrogen) atoms. The predicted molar refractivity (Wildman–Crippen MR) is 60.5 cm³/mol. The van der Waals surface area contributed by atoms with Gasteiger partial charge in [0, 0.05) is 19.1 Å². The normalized spacial score (nSPS) is 21.3. The van der Waals surface area contributed by atoms with Gasteiger partial charge in [0.15, 0.2) is 0 Å². The summed E-state index contributed by atoms with van der Waals surface area (Å²) in [5.41, 5.74) is 0. The van der Waals surface area contributed by atoms with E-state index in [1.54, 1.807) is 6.92 Å². The lowest BCUT2D eigenvalue weighted by Gasteiger charge is -2.30. The molecule has 1 rings (SSSR count). The van der Waals surface area contributed by atoms with Crippen LogP contribution in [0.3, 0.4) is 0 Å². The number of nitrogens with zero attached hydrogens (tertiary/aromatic N) is 1. The lowest BCUT2D eigenvalue weighted by Crippen LogP contribution is -2.49. The van der Waals surface area contributed by atoms with Crippen molar-refractivity contribution in [3.63, 3.8) is 0 Å². The summed E-state index contributed by atoms with van der Waals surface area (Å²) < 4.78 is 27.1. The molecule has 0 aliphatic carbocycles. The lowest BCUT2D eigenvalue weighted by atomic mass is 9.99. The highest BCUT2D eigenvalue weighted by atomic mass is 32.2. The van der Waals surface area contributed by atoms with Crippen LogP contribution in [0.5, 0.6) is 0 Å². The molecule has 100 valence electrons. The SMILES string of the molecule is CC(CO)NS(=O)(=O)N1CCC(C(=O)O)CC1. The number of piperidine rings is 1. The minimum absolute atomic E-state index is 0.199. The van der Waals surface area contributed by atoms with Gasteiger partial charge in [0.05, 0.1) is 12.5 Å². The maximum atomic E-state index is 11.8. The van der Waals surface area contributed by atoms with Crippen molar-refractivity contribution >= 4 is 16.2 Å². The Kier molecular flexibility index (Phi) is 4.87. The zero-order valence-electron chi connectivity index (χ0n) is 9.66. The molecule has 8 heteroatoms. The van der Waals surface area contributed by atoms with Crippen LogP contribution in [0.15, 0.2) is 0 Å². The van der Waals surface area contributed by atoms with Gasteiger partial charge in [-0.05, 0) is 19.8 Å². The van der Waals surface area contributed by atoms with E-state index in [0.29, 0.717) is 12.8 Å². The Labute approximate surface area is 101 Å². The fourth-order valence-electron chi connectivity index (χ4n) is 1.71. The molecule has 1 aliphatic heterocycles. The number of rotatable bonds is 5. The first-order valence-corrected chi connectivity index (χ1v) is 6.92. The van der Waals surface area contributed by atoms with Gasteiger partial charge in [-0.15, -0.1) is 0 Å². The van der Waals surface area contributed by atoms with Gasteiger partial charge in [-0.3, -0.25) is 4.79 Å². The van der Waals surface area contributed by atoms with E-state index in [9.17, 15) is 13.2 Å². The molecule has 7 nitrogen and oxygen atoms in total. The van der Waals surface area contributed by atoms with E-state index < -0.39 is 28.1 Å². The van der Waals surface area contributed by atoms with Crippen molar-refractivity contribution in [3.05, 3.63) is 0 Å². The highest BCUT2D eigenvalue weighted by Crippen LogP contribution is 2.19. The van der Waals surface area contributed by atoms with Crippen LogP contribution >= 0.6 is 0 Å². The average Bonchev–Trinajstić information content (AvgIpc) is 2.28.